The van der Waals surface area contributed by atoms with Gasteiger partial charge in [-0.1, -0.05) is 84.9 Å². The van der Waals surface area contributed by atoms with Gasteiger partial charge in [0.1, 0.15) is 0 Å². The van der Waals surface area contributed by atoms with Crippen LogP contribution in [0.25, 0.3) is 33.0 Å². The minimum Gasteiger partial charge on any atom is -0.327 e. The predicted molar refractivity (Wildman–Crippen MR) is 118 cm³/mol. The molecule has 0 saturated carbocycles. The predicted octanol–water partition coefficient (Wildman–Crippen LogP) is 6.22. The molecule has 146 valence electrons. The van der Waals surface area contributed by atoms with Crippen molar-refractivity contribution in [3.63, 3.8) is 0 Å². The quantitative estimate of drug-likeness (QED) is 0.369. The molecule has 4 aromatic carbocycles. The molecule has 4 aromatic rings. The topological polar surface area (TPSA) is 27.7 Å². The summed E-state index contributed by atoms with van der Waals surface area (Å²) in [6.07, 6.45) is 0. The van der Waals surface area contributed by atoms with Crippen LogP contribution in [0.4, 0.5) is 0 Å². The maximum Gasteiger partial charge on any atom is 0.311 e. The van der Waals surface area contributed by atoms with Gasteiger partial charge in [0.25, 0.3) is 0 Å². The second kappa shape index (κ2) is 8.18. The molecule has 0 amide bonds. The molecule has 29 heavy (non-hydrogen) atoms. The Balaban J connectivity index is 2.17. The molecule has 3 heteroatoms. The molecule has 0 aliphatic heterocycles. The number of methoxy groups -OCH3 is 3. The molecule has 0 atom stereocenters. The van der Waals surface area contributed by atoms with Crippen LogP contribution in [0.2, 0.25) is 0 Å². The highest BCUT2D eigenvalue weighted by Crippen LogP contribution is 2.44. The number of hydrogen-bond acceptors (Lipinski definition) is 3. The molecule has 0 saturated heterocycles. The summed E-state index contributed by atoms with van der Waals surface area (Å²) in [5, 5.41) is 2.28. The zero-order valence-corrected chi connectivity index (χ0v) is 16.9. The van der Waals surface area contributed by atoms with Gasteiger partial charge in [-0.25, -0.2) is 0 Å². The van der Waals surface area contributed by atoms with E-state index in [4.69, 9.17) is 14.2 Å². The monoisotopic (exact) mass is 384 g/mol. The third-order valence-electron chi connectivity index (χ3n) is 5.33. The Kier molecular flexibility index (Phi) is 5.45. The molecule has 4 rings (SSSR count). The Morgan fingerprint density at radius 1 is 0.552 bits per heavy atom. The lowest BCUT2D eigenvalue weighted by molar-refractivity contribution is -0.364. The van der Waals surface area contributed by atoms with Gasteiger partial charge in [0.05, 0.1) is 5.56 Å². The van der Waals surface area contributed by atoms with E-state index in [-0.39, 0.29) is 0 Å². The normalized spacial score (nSPS) is 11.7. The summed E-state index contributed by atoms with van der Waals surface area (Å²) in [4.78, 5) is 0. The highest BCUT2D eigenvalue weighted by atomic mass is 16.9. The van der Waals surface area contributed by atoms with E-state index in [1.165, 1.54) is 5.39 Å². The van der Waals surface area contributed by atoms with Crippen molar-refractivity contribution in [2.24, 2.45) is 0 Å². The number of hydrogen-bond donors (Lipinski definition) is 0. The van der Waals surface area contributed by atoms with Gasteiger partial charge in [0.15, 0.2) is 0 Å². The minimum atomic E-state index is -1.32. The maximum atomic E-state index is 5.78. The first-order valence-electron chi connectivity index (χ1n) is 9.56. The van der Waals surface area contributed by atoms with Crippen LogP contribution in [0.5, 0.6) is 0 Å². The van der Waals surface area contributed by atoms with Gasteiger partial charge in [-0.05, 0) is 33.5 Å². The molecular formula is C26H24O3. The highest BCUT2D eigenvalue weighted by molar-refractivity contribution is 6.06. The van der Waals surface area contributed by atoms with Crippen molar-refractivity contribution in [1.82, 2.24) is 0 Å². The van der Waals surface area contributed by atoms with Gasteiger partial charge < -0.3 is 14.2 Å². The lowest BCUT2D eigenvalue weighted by Crippen LogP contribution is -2.33. The van der Waals surface area contributed by atoms with Crippen LogP contribution in [0.3, 0.4) is 0 Å². The molecule has 0 radical (unpaired) electrons. The van der Waals surface area contributed by atoms with E-state index in [2.05, 4.69) is 54.6 Å². The summed E-state index contributed by atoms with van der Waals surface area (Å²) in [5.41, 5.74) is 5.17. The van der Waals surface area contributed by atoms with E-state index < -0.39 is 5.97 Å². The first kappa shape index (κ1) is 19.3. The van der Waals surface area contributed by atoms with Crippen molar-refractivity contribution in [3.8, 4) is 22.3 Å². The Hall–Kier alpha value is -2.98. The largest absolute Gasteiger partial charge is 0.327 e. The van der Waals surface area contributed by atoms with Crippen LogP contribution < -0.4 is 0 Å². The summed E-state index contributed by atoms with van der Waals surface area (Å²) in [5.74, 6) is -1.32. The van der Waals surface area contributed by atoms with E-state index in [1.54, 1.807) is 21.3 Å². The van der Waals surface area contributed by atoms with Crippen LogP contribution >= 0.6 is 0 Å². The van der Waals surface area contributed by atoms with E-state index >= 15 is 0 Å². The van der Waals surface area contributed by atoms with Crippen molar-refractivity contribution in [1.29, 1.82) is 0 Å². The Labute approximate surface area is 171 Å². The van der Waals surface area contributed by atoms with Gasteiger partial charge in [0, 0.05) is 26.9 Å². The molecule has 0 unspecified atom stereocenters. The molecule has 0 bridgehead atoms. The summed E-state index contributed by atoms with van der Waals surface area (Å²) < 4.78 is 17.3. The third kappa shape index (κ3) is 3.34. The standard InChI is InChI=1S/C26H24O3/c1-27-26(28-2,29-3)24-18-23(19-12-6-4-7-13-19)21-16-10-11-17-22(21)25(24)20-14-8-5-9-15-20/h4-18H,1-3H3. The molecule has 0 heterocycles. The van der Waals surface area contributed by atoms with Crippen molar-refractivity contribution < 1.29 is 14.2 Å². The number of fused-ring (bicyclic) bond motifs is 1. The van der Waals surface area contributed by atoms with E-state index in [0.29, 0.717) is 0 Å². The molecule has 0 aliphatic rings. The van der Waals surface area contributed by atoms with Crippen molar-refractivity contribution in [2.75, 3.05) is 21.3 Å². The Morgan fingerprint density at radius 3 is 1.59 bits per heavy atom. The zero-order chi connectivity index (χ0) is 20.3. The number of rotatable bonds is 6. The lowest BCUT2D eigenvalue weighted by atomic mass is 9.87. The smallest absolute Gasteiger partial charge is 0.311 e. The van der Waals surface area contributed by atoms with Gasteiger partial charge in [0.2, 0.25) is 0 Å². The fourth-order valence-corrected chi connectivity index (χ4v) is 3.97. The van der Waals surface area contributed by atoms with E-state index in [1.807, 2.05) is 36.4 Å². The van der Waals surface area contributed by atoms with Crippen LogP contribution in [0.15, 0.2) is 91.0 Å². The van der Waals surface area contributed by atoms with Crippen LogP contribution in [-0.4, -0.2) is 21.3 Å². The number of ether oxygens (including phenoxy) is 3. The van der Waals surface area contributed by atoms with E-state index in [9.17, 15) is 0 Å². The minimum absolute atomic E-state index is 0.828. The summed E-state index contributed by atoms with van der Waals surface area (Å²) in [6.45, 7) is 0. The highest BCUT2D eigenvalue weighted by Gasteiger charge is 2.36. The SMILES string of the molecule is COC(OC)(OC)c1cc(-c2ccccc2)c2ccccc2c1-c1ccccc1. The average molecular weight is 384 g/mol. The molecule has 0 fully saturated rings. The second-order valence-corrected chi connectivity index (χ2v) is 6.79. The molecule has 0 aliphatic carbocycles. The summed E-state index contributed by atoms with van der Waals surface area (Å²) in [7, 11) is 4.79. The van der Waals surface area contributed by atoms with Gasteiger partial charge in [-0.2, -0.15) is 0 Å². The number of benzene rings is 4. The maximum absolute atomic E-state index is 5.78. The van der Waals surface area contributed by atoms with Crippen LogP contribution in [-0.2, 0) is 20.2 Å². The zero-order valence-electron chi connectivity index (χ0n) is 16.9. The summed E-state index contributed by atoms with van der Waals surface area (Å²) in [6, 6.07) is 31.2. The lowest BCUT2D eigenvalue weighted by Gasteiger charge is -2.32. The van der Waals surface area contributed by atoms with Crippen LogP contribution in [0.1, 0.15) is 5.56 Å². The van der Waals surface area contributed by atoms with Crippen molar-refractivity contribution in [3.05, 3.63) is 96.6 Å². The molecule has 0 N–H and O–H groups in total. The molecule has 3 nitrogen and oxygen atoms in total. The Morgan fingerprint density at radius 2 is 1.03 bits per heavy atom. The van der Waals surface area contributed by atoms with Gasteiger partial charge in [-0.3, -0.25) is 0 Å². The third-order valence-corrected chi connectivity index (χ3v) is 5.33. The summed E-state index contributed by atoms with van der Waals surface area (Å²) >= 11 is 0. The fourth-order valence-electron chi connectivity index (χ4n) is 3.97. The van der Waals surface area contributed by atoms with E-state index in [0.717, 1.165) is 33.2 Å². The first-order chi connectivity index (χ1) is 14.2. The van der Waals surface area contributed by atoms with Crippen molar-refractivity contribution in [2.45, 2.75) is 5.97 Å². The Bertz CT molecular complexity index is 1090. The second-order valence-electron chi connectivity index (χ2n) is 6.79. The fraction of sp³-hybridized carbons (Fsp3) is 0.154. The van der Waals surface area contributed by atoms with Crippen LogP contribution in [0, 0.1) is 0 Å². The molecular weight excluding hydrogens is 360 g/mol. The first-order valence-corrected chi connectivity index (χ1v) is 9.56. The van der Waals surface area contributed by atoms with Gasteiger partial charge in [-0.15, -0.1) is 0 Å². The molecule has 0 spiro atoms. The van der Waals surface area contributed by atoms with Crippen molar-refractivity contribution >= 4 is 10.8 Å². The van der Waals surface area contributed by atoms with Gasteiger partial charge >= 0.3 is 5.97 Å². The average Bonchev–Trinajstić information content (AvgIpc) is 2.81. The molecule has 0 aromatic heterocycles.